The number of aromatic nitrogens is 2. The van der Waals surface area contributed by atoms with Crippen LogP contribution < -0.4 is 10.9 Å². The van der Waals surface area contributed by atoms with Gasteiger partial charge in [-0.05, 0) is 106 Å². The van der Waals surface area contributed by atoms with Crippen LogP contribution in [-0.2, 0) is 30.3 Å². The molecule has 0 spiro atoms. The number of esters is 2. The predicted octanol–water partition coefficient (Wildman–Crippen LogP) is 8.56. The van der Waals surface area contributed by atoms with Crippen molar-refractivity contribution in [2.45, 2.75) is 123 Å². The summed E-state index contributed by atoms with van der Waals surface area (Å²) in [7, 11) is 2.10. The van der Waals surface area contributed by atoms with E-state index in [-0.39, 0.29) is 81.3 Å². The van der Waals surface area contributed by atoms with Gasteiger partial charge in [0.15, 0.2) is 0 Å². The minimum absolute atomic E-state index is 0.00532. The standard InChI is InChI=1S/C25H38O5.C20H25N3O2.C13H9NOSe/c1-6-25(4,5)24(28)30-21-12-15(2)11-17-8-7-16(3)20(23(17)21)10-9-19-13-18(26)14-22(27)29-19;1-3-14(11-24)22-20(25)13-7-16-15-5-4-6-17-19(15)12(9-21-17)8-18(16)23(2)10-13;15-13-11-8-4-5-9-12(11)16-14(13)10-6-2-1-3-7-10/h7-8,11,15-16,18-21,23,26H,6,9-10,12-14H2,1-5H3;4-7,9,13-14,18,21,24H,3,8,10-11H2,1-2H3,(H,22,25);1-9H/t15-,16-,18+,19+,20-,21-,23-;13-,14+,18-;/m01./s1. The number of likely N-dealkylation sites (N-methyl/N-ethyl adjacent to an activating group) is 1. The maximum absolute atomic E-state index is 12.9. The summed E-state index contributed by atoms with van der Waals surface area (Å²) in [6.07, 6.45) is 15.6. The molecule has 71 heavy (non-hydrogen) atoms. The molecule has 4 heterocycles. The topological polar surface area (TPSA) is 163 Å². The number of nitrogens with zero attached hydrogens (tertiary/aromatic N) is 2. The van der Waals surface area contributed by atoms with Gasteiger partial charge in [-0.15, -0.1) is 0 Å². The number of benzene rings is 3. The molecule has 0 saturated carbocycles. The number of para-hydroxylation sites is 1. The number of aliphatic hydroxyl groups excluding tert-OH is 2. The number of carbonyl (C=O) groups is 3. The first-order valence-corrected chi connectivity index (χ1v) is 27.3. The number of allylic oxidation sites excluding steroid dienone is 3. The Morgan fingerprint density at radius 1 is 0.972 bits per heavy atom. The van der Waals surface area contributed by atoms with Crippen LogP contribution in [0.3, 0.4) is 0 Å². The van der Waals surface area contributed by atoms with Crippen molar-refractivity contribution in [2.75, 3.05) is 20.2 Å². The second kappa shape index (κ2) is 22.6. The van der Waals surface area contributed by atoms with Crippen LogP contribution in [0.25, 0.3) is 31.8 Å². The van der Waals surface area contributed by atoms with E-state index in [1.54, 1.807) is 0 Å². The van der Waals surface area contributed by atoms with Crippen LogP contribution in [-0.4, -0.2) is 107 Å². The van der Waals surface area contributed by atoms with Gasteiger partial charge in [-0.25, -0.2) is 0 Å². The van der Waals surface area contributed by atoms with Crippen molar-refractivity contribution in [2.24, 2.45) is 35.0 Å². The van der Waals surface area contributed by atoms with Crippen molar-refractivity contribution in [3.05, 3.63) is 130 Å². The molecule has 2 aliphatic heterocycles. The summed E-state index contributed by atoms with van der Waals surface area (Å²) in [6, 6.07) is 24.2. The third-order valence-electron chi connectivity index (χ3n) is 15.5. The number of fused-ring (bicyclic) bond motifs is 4. The van der Waals surface area contributed by atoms with E-state index in [9.17, 15) is 29.4 Å². The van der Waals surface area contributed by atoms with Gasteiger partial charge in [0.05, 0.1) is 36.5 Å². The number of aliphatic hydroxyl groups is 2. The summed E-state index contributed by atoms with van der Waals surface area (Å²) in [5, 5.41) is 24.4. The first-order chi connectivity index (χ1) is 34.1. The fourth-order valence-electron chi connectivity index (χ4n) is 11.0. The molecule has 10 atom stereocenters. The summed E-state index contributed by atoms with van der Waals surface area (Å²) >= 11 is 0.0784. The molecular formula is C58H72N4O8Se. The number of cyclic esters (lactones) is 1. The van der Waals surface area contributed by atoms with Gasteiger partial charge in [-0.2, -0.15) is 0 Å². The van der Waals surface area contributed by atoms with Crippen LogP contribution in [0.15, 0.2) is 114 Å². The van der Waals surface area contributed by atoms with Gasteiger partial charge < -0.3 is 30.0 Å². The summed E-state index contributed by atoms with van der Waals surface area (Å²) in [4.78, 5) is 55.0. The molecule has 0 unspecified atom stereocenters. The molecule has 2 aromatic heterocycles. The number of hydrogen-bond donors (Lipinski definition) is 4. The first-order valence-electron chi connectivity index (χ1n) is 25.7. The molecule has 12 nitrogen and oxygen atoms in total. The molecule has 0 radical (unpaired) electrons. The van der Waals surface area contributed by atoms with Gasteiger partial charge >= 0.3 is 111 Å². The quantitative estimate of drug-likeness (QED) is 0.0750. The molecular weight excluding hydrogens is 960 g/mol. The SMILES string of the molecule is CCC(C)(C)C(=O)O[C@H]1C[C@@H](C)C=C2C=C[C@H](C)[C@H](CC[C@@H]3C[C@@H](O)CC(=O)O3)[C@H]21.CC[C@@H](CO)NC(=O)[C@@H]1C=C2c3cccc4[nH]cc(c34)C[C@H]2N(C)C1.O=c1c2ccccc2[se]n1-c1ccccc1. The van der Waals surface area contributed by atoms with Crippen molar-refractivity contribution in [3.8, 4) is 5.69 Å². The molecule has 3 aliphatic carbocycles. The van der Waals surface area contributed by atoms with E-state index in [0.717, 1.165) is 55.1 Å². The van der Waals surface area contributed by atoms with E-state index >= 15 is 0 Å². The molecule has 378 valence electrons. The van der Waals surface area contributed by atoms with Crippen LogP contribution >= 0.6 is 0 Å². The van der Waals surface area contributed by atoms with Crippen molar-refractivity contribution in [1.82, 2.24) is 18.8 Å². The Hall–Kier alpha value is -5.30. The Kier molecular flexibility index (Phi) is 16.6. The zero-order chi connectivity index (χ0) is 50.6. The monoisotopic (exact) mass is 1030 g/mol. The molecule has 3 aromatic carbocycles. The first kappa shape index (κ1) is 52.0. The Morgan fingerprint density at radius 3 is 2.45 bits per heavy atom. The van der Waals surface area contributed by atoms with E-state index in [0.29, 0.717) is 36.8 Å². The second-order valence-corrected chi connectivity index (χ2v) is 23.1. The third-order valence-corrected chi connectivity index (χ3v) is 17.8. The van der Waals surface area contributed by atoms with Crippen LogP contribution in [0.5, 0.6) is 0 Å². The van der Waals surface area contributed by atoms with Crippen LogP contribution in [0, 0.1) is 35.0 Å². The number of H-pyrrole nitrogens is 1. The molecule has 5 aromatic rings. The van der Waals surface area contributed by atoms with E-state index < -0.39 is 11.5 Å². The van der Waals surface area contributed by atoms with Gasteiger partial charge in [0.1, 0.15) is 12.2 Å². The van der Waals surface area contributed by atoms with Crippen molar-refractivity contribution in [1.29, 1.82) is 0 Å². The molecule has 5 aliphatic rings. The van der Waals surface area contributed by atoms with E-state index in [1.165, 1.54) is 31.9 Å². The third kappa shape index (κ3) is 11.7. The zero-order valence-corrected chi connectivity index (χ0v) is 44.0. The van der Waals surface area contributed by atoms with E-state index in [2.05, 4.69) is 84.8 Å². The normalized spacial score (nSPS) is 26.3. The second-order valence-electron chi connectivity index (χ2n) is 21.0. The van der Waals surface area contributed by atoms with Gasteiger partial charge in [-0.3, -0.25) is 19.3 Å². The minimum atomic E-state index is -0.601. The Balaban J connectivity index is 0.000000149. The van der Waals surface area contributed by atoms with Gasteiger partial charge in [-0.1, -0.05) is 64.1 Å². The summed E-state index contributed by atoms with van der Waals surface area (Å²) in [6.45, 7) is 13.0. The Labute approximate surface area is 424 Å². The Bertz CT molecular complexity index is 2840. The molecule has 1 fully saturated rings. The predicted molar refractivity (Wildman–Crippen MR) is 281 cm³/mol. The molecule has 4 N–H and O–H groups in total. The van der Waals surface area contributed by atoms with Crippen LogP contribution in [0.2, 0.25) is 0 Å². The van der Waals surface area contributed by atoms with E-state index in [4.69, 9.17) is 9.47 Å². The van der Waals surface area contributed by atoms with Crippen molar-refractivity contribution in [3.63, 3.8) is 0 Å². The van der Waals surface area contributed by atoms with Crippen molar-refractivity contribution >= 4 is 58.7 Å². The number of nitrogens with one attached hydrogen (secondary N) is 2. The van der Waals surface area contributed by atoms with Gasteiger partial charge in [0.2, 0.25) is 5.91 Å². The molecule has 1 amide bonds. The number of hydrogen-bond acceptors (Lipinski definition) is 9. The molecule has 1 saturated heterocycles. The number of carbonyl (C=O) groups excluding carboxylic acids is 3. The van der Waals surface area contributed by atoms with E-state index in [1.807, 2.05) is 85.9 Å². The van der Waals surface area contributed by atoms with Gasteiger partial charge in [0.25, 0.3) is 0 Å². The summed E-state index contributed by atoms with van der Waals surface area (Å²) in [5.41, 5.74) is 6.91. The number of aromatic amines is 1. The van der Waals surface area contributed by atoms with Crippen LogP contribution in [0.4, 0.5) is 0 Å². The number of rotatable bonds is 11. The number of ether oxygens (including phenoxy) is 2. The van der Waals surface area contributed by atoms with Crippen LogP contribution in [0.1, 0.15) is 97.6 Å². The molecule has 10 rings (SSSR count). The Morgan fingerprint density at radius 2 is 1.73 bits per heavy atom. The fraction of sp³-hybridized carbons (Fsp3) is 0.483. The average Bonchev–Trinajstić information content (AvgIpc) is 3.94. The zero-order valence-electron chi connectivity index (χ0n) is 42.3. The summed E-state index contributed by atoms with van der Waals surface area (Å²) in [5.74, 6) is 0.594. The number of amides is 1. The van der Waals surface area contributed by atoms with Crippen molar-refractivity contribution < 1.29 is 34.1 Å². The molecule has 13 heteroatoms. The average molecular weight is 1030 g/mol. The molecule has 0 bridgehead atoms. The summed E-state index contributed by atoms with van der Waals surface area (Å²) < 4.78 is 14.7. The fourth-order valence-corrected chi connectivity index (χ4v) is 13.1. The maximum atomic E-state index is 12.9. The van der Waals surface area contributed by atoms with Gasteiger partial charge in [0, 0.05) is 42.0 Å².